The molecule has 31 heavy (non-hydrogen) atoms. The van der Waals surface area contributed by atoms with Crippen LogP contribution in [0.15, 0.2) is 11.6 Å². The summed E-state index contributed by atoms with van der Waals surface area (Å²) in [6.07, 6.45) is 8.47. The van der Waals surface area contributed by atoms with Crippen molar-refractivity contribution in [1.29, 1.82) is 0 Å². The van der Waals surface area contributed by atoms with Gasteiger partial charge in [0.05, 0.1) is 13.0 Å². The van der Waals surface area contributed by atoms with Crippen molar-refractivity contribution in [2.24, 2.45) is 11.3 Å². The summed E-state index contributed by atoms with van der Waals surface area (Å²) >= 11 is 0. The molecule has 1 saturated heterocycles. The molecule has 0 aromatic heterocycles. The molecule has 0 aromatic rings. The van der Waals surface area contributed by atoms with Crippen molar-refractivity contribution < 1.29 is 28.9 Å². The number of esters is 1. The van der Waals surface area contributed by atoms with Gasteiger partial charge in [-0.15, -0.1) is 0 Å². The van der Waals surface area contributed by atoms with Crippen molar-refractivity contribution in [2.45, 2.75) is 111 Å². The molecule has 6 nitrogen and oxygen atoms in total. The van der Waals surface area contributed by atoms with Gasteiger partial charge in [-0.05, 0) is 72.6 Å². The summed E-state index contributed by atoms with van der Waals surface area (Å²) in [5.41, 5.74) is 0.442. The van der Waals surface area contributed by atoms with Crippen molar-refractivity contribution in [3.05, 3.63) is 11.6 Å². The van der Waals surface area contributed by atoms with E-state index in [1.165, 1.54) is 12.7 Å². The van der Waals surface area contributed by atoms with E-state index in [0.717, 1.165) is 44.9 Å². The molecule has 0 bridgehead atoms. The Hall–Kier alpha value is -1.53. The molecule has 0 aromatic carbocycles. The summed E-state index contributed by atoms with van der Waals surface area (Å²) in [6, 6.07) is 0. The molecule has 1 aliphatic heterocycles. The lowest BCUT2D eigenvalue weighted by Gasteiger charge is -2.37. The minimum Gasteiger partial charge on any atom is -0.469 e. The van der Waals surface area contributed by atoms with E-state index in [9.17, 15) is 14.4 Å². The van der Waals surface area contributed by atoms with Crippen LogP contribution in [0.5, 0.6) is 0 Å². The lowest BCUT2D eigenvalue weighted by molar-refractivity contribution is -0.411. The predicted molar refractivity (Wildman–Crippen MR) is 120 cm³/mol. The standard InChI is InChI=1S/C25H42O6/c1-18(12-13-22(27)24(4,5)15-9-11-19(2)26)10-8-16-25(6)17-14-21(30-31-25)20(3)23(28)29-7/h10,20-21H,8-9,11-17H2,1-7H3/b18-10+/t20-,21-,25-/m1/s1. The minimum absolute atomic E-state index is 0.177. The molecular formula is C25H42O6. The highest BCUT2D eigenvalue weighted by atomic mass is 17.2. The summed E-state index contributed by atoms with van der Waals surface area (Å²) in [5.74, 6) is -0.199. The first-order valence-electron chi connectivity index (χ1n) is 11.5. The Kier molecular flexibility index (Phi) is 11.1. The van der Waals surface area contributed by atoms with Crippen molar-refractivity contribution in [1.82, 2.24) is 0 Å². The molecular weight excluding hydrogens is 396 g/mol. The quantitative estimate of drug-likeness (QED) is 0.214. The number of carbonyl (C=O) groups excluding carboxylic acids is 3. The van der Waals surface area contributed by atoms with Crippen molar-refractivity contribution in [3.63, 3.8) is 0 Å². The lowest BCUT2D eigenvalue weighted by atomic mass is 9.80. The highest BCUT2D eigenvalue weighted by Crippen LogP contribution is 2.34. The number of hydrogen-bond donors (Lipinski definition) is 0. The summed E-state index contributed by atoms with van der Waals surface area (Å²) < 4.78 is 4.78. The van der Waals surface area contributed by atoms with Gasteiger partial charge in [-0.2, -0.15) is 0 Å². The Bertz CT molecular complexity index is 640. The van der Waals surface area contributed by atoms with Gasteiger partial charge in [0.2, 0.25) is 0 Å². The summed E-state index contributed by atoms with van der Waals surface area (Å²) in [6.45, 7) is 11.4. The van der Waals surface area contributed by atoms with E-state index in [0.29, 0.717) is 12.8 Å². The van der Waals surface area contributed by atoms with Gasteiger partial charge in [-0.1, -0.05) is 25.5 Å². The van der Waals surface area contributed by atoms with Crippen LogP contribution in [0.25, 0.3) is 0 Å². The third kappa shape index (κ3) is 9.65. The molecule has 0 saturated carbocycles. The van der Waals surface area contributed by atoms with E-state index in [1.54, 1.807) is 13.8 Å². The van der Waals surface area contributed by atoms with Crippen LogP contribution in [0, 0.1) is 11.3 Å². The molecule has 1 rings (SSSR count). The van der Waals surface area contributed by atoms with Crippen LogP contribution in [0.3, 0.4) is 0 Å². The number of allylic oxidation sites excluding steroid dienone is 2. The van der Waals surface area contributed by atoms with Gasteiger partial charge in [0, 0.05) is 18.3 Å². The second-order valence-corrected chi connectivity index (χ2v) is 9.97. The average Bonchev–Trinajstić information content (AvgIpc) is 2.70. The Labute approximate surface area is 188 Å². The maximum absolute atomic E-state index is 12.6. The topological polar surface area (TPSA) is 78.9 Å². The van der Waals surface area contributed by atoms with Crippen LogP contribution in [0.4, 0.5) is 0 Å². The highest BCUT2D eigenvalue weighted by molar-refractivity contribution is 5.84. The highest BCUT2D eigenvalue weighted by Gasteiger charge is 2.37. The lowest BCUT2D eigenvalue weighted by Crippen LogP contribution is -2.41. The van der Waals surface area contributed by atoms with Crippen LogP contribution in [-0.2, 0) is 28.9 Å². The average molecular weight is 439 g/mol. The van der Waals surface area contributed by atoms with E-state index < -0.39 is 0 Å². The second-order valence-electron chi connectivity index (χ2n) is 9.97. The first-order valence-corrected chi connectivity index (χ1v) is 11.5. The Balaban J connectivity index is 2.38. The number of rotatable bonds is 13. The zero-order chi connectivity index (χ0) is 23.7. The molecule has 0 unspecified atom stereocenters. The summed E-state index contributed by atoms with van der Waals surface area (Å²) in [7, 11) is 1.38. The molecule has 1 heterocycles. The monoisotopic (exact) mass is 438 g/mol. The Morgan fingerprint density at radius 3 is 2.42 bits per heavy atom. The van der Waals surface area contributed by atoms with E-state index in [1.807, 2.05) is 20.8 Å². The molecule has 0 radical (unpaired) electrons. The third-order valence-electron chi connectivity index (χ3n) is 6.46. The number of ether oxygens (including phenoxy) is 1. The second kappa shape index (κ2) is 12.5. The van der Waals surface area contributed by atoms with Crippen molar-refractivity contribution in [2.75, 3.05) is 7.11 Å². The zero-order valence-corrected chi connectivity index (χ0v) is 20.5. The zero-order valence-electron chi connectivity index (χ0n) is 20.5. The van der Waals surface area contributed by atoms with E-state index in [2.05, 4.69) is 13.0 Å². The normalized spacial score (nSPS) is 23.3. The fraction of sp³-hybridized carbons (Fsp3) is 0.800. The van der Waals surface area contributed by atoms with Crippen LogP contribution in [0.1, 0.15) is 99.3 Å². The first-order chi connectivity index (χ1) is 14.4. The number of methoxy groups -OCH3 is 1. The van der Waals surface area contributed by atoms with Gasteiger partial charge in [0.25, 0.3) is 0 Å². The maximum Gasteiger partial charge on any atom is 0.311 e. The predicted octanol–water partition coefficient (Wildman–Crippen LogP) is 5.53. The van der Waals surface area contributed by atoms with Gasteiger partial charge in [-0.3, -0.25) is 9.59 Å². The molecule has 0 aliphatic carbocycles. The van der Waals surface area contributed by atoms with Crippen LogP contribution >= 0.6 is 0 Å². The number of ketones is 2. The maximum atomic E-state index is 12.6. The van der Waals surface area contributed by atoms with Gasteiger partial charge in [-0.25, -0.2) is 9.78 Å². The Morgan fingerprint density at radius 1 is 1.19 bits per heavy atom. The van der Waals surface area contributed by atoms with E-state index in [-0.39, 0.29) is 40.6 Å². The molecule has 6 heteroatoms. The number of carbonyl (C=O) groups is 3. The molecule has 0 N–H and O–H groups in total. The van der Waals surface area contributed by atoms with Crippen molar-refractivity contribution in [3.8, 4) is 0 Å². The minimum atomic E-state index is -0.381. The van der Waals surface area contributed by atoms with Crippen molar-refractivity contribution >= 4 is 17.5 Å². The Morgan fingerprint density at radius 2 is 1.87 bits per heavy atom. The number of Topliss-reactive ketones (excluding diaryl/α,β-unsaturated/α-hetero) is 2. The van der Waals surface area contributed by atoms with E-state index in [4.69, 9.17) is 14.5 Å². The fourth-order valence-electron chi connectivity index (χ4n) is 3.85. The molecule has 3 atom stereocenters. The smallest absolute Gasteiger partial charge is 0.311 e. The molecule has 1 fully saturated rings. The summed E-state index contributed by atoms with van der Waals surface area (Å²) in [4.78, 5) is 46.5. The molecule has 0 spiro atoms. The van der Waals surface area contributed by atoms with E-state index >= 15 is 0 Å². The molecule has 1 aliphatic rings. The van der Waals surface area contributed by atoms with Gasteiger partial charge >= 0.3 is 5.97 Å². The largest absolute Gasteiger partial charge is 0.469 e. The summed E-state index contributed by atoms with van der Waals surface area (Å²) in [5, 5.41) is 0. The SMILES string of the molecule is COC(=O)[C@H](C)[C@H]1CC[C@@](C)(CC/C=C(\C)CCC(=O)C(C)(C)CCCC(C)=O)OO1. The van der Waals surface area contributed by atoms with Crippen LogP contribution in [0.2, 0.25) is 0 Å². The number of hydrogen-bond acceptors (Lipinski definition) is 6. The van der Waals surface area contributed by atoms with Gasteiger partial charge in [0.15, 0.2) is 0 Å². The van der Waals surface area contributed by atoms with Gasteiger partial charge in [0.1, 0.15) is 23.3 Å². The fourth-order valence-corrected chi connectivity index (χ4v) is 3.85. The van der Waals surface area contributed by atoms with Crippen LogP contribution < -0.4 is 0 Å². The molecule has 0 amide bonds. The van der Waals surface area contributed by atoms with Crippen LogP contribution in [-0.4, -0.2) is 36.4 Å². The third-order valence-corrected chi connectivity index (χ3v) is 6.46. The molecule has 178 valence electrons. The first kappa shape index (κ1) is 27.5. The van der Waals surface area contributed by atoms with Gasteiger partial charge < -0.3 is 9.53 Å².